The summed E-state index contributed by atoms with van der Waals surface area (Å²) in [6, 6.07) is 7.25. The van der Waals surface area contributed by atoms with Crippen LogP contribution in [-0.2, 0) is 11.3 Å². The molecule has 2 rings (SSSR count). The standard InChI is InChI=1S/C16H24N4O2/c1-20(2)16(22)19-13-7-5-6-12(10-13)11-18-15(21)14-8-3-4-9-17-14/h5-7,10,14,17H,3-4,8-9,11H2,1-2H3,(H,18,21)(H,19,22). The molecule has 6 nitrogen and oxygen atoms in total. The van der Waals surface area contributed by atoms with Crippen LogP contribution in [0, 0.1) is 0 Å². The van der Waals surface area contributed by atoms with E-state index in [4.69, 9.17) is 0 Å². The van der Waals surface area contributed by atoms with Crippen molar-refractivity contribution < 1.29 is 9.59 Å². The van der Waals surface area contributed by atoms with Crippen LogP contribution < -0.4 is 16.0 Å². The Balaban J connectivity index is 1.87. The van der Waals surface area contributed by atoms with Gasteiger partial charge in [0.2, 0.25) is 5.91 Å². The van der Waals surface area contributed by atoms with Crippen LogP contribution in [0.4, 0.5) is 10.5 Å². The van der Waals surface area contributed by atoms with E-state index in [1.54, 1.807) is 14.1 Å². The van der Waals surface area contributed by atoms with Crippen molar-refractivity contribution >= 4 is 17.6 Å². The molecule has 1 aromatic carbocycles. The second-order valence-corrected chi connectivity index (χ2v) is 5.75. The van der Waals surface area contributed by atoms with Crippen molar-refractivity contribution in [2.24, 2.45) is 0 Å². The highest BCUT2D eigenvalue weighted by Crippen LogP contribution is 2.12. The Labute approximate surface area is 131 Å². The van der Waals surface area contributed by atoms with Gasteiger partial charge < -0.3 is 20.9 Å². The molecule has 22 heavy (non-hydrogen) atoms. The maximum Gasteiger partial charge on any atom is 0.321 e. The summed E-state index contributed by atoms with van der Waals surface area (Å²) in [5.41, 5.74) is 1.68. The SMILES string of the molecule is CN(C)C(=O)Nc1cccc(CNC(=O)C2CCCCN2)c1. The highest BCUT2D eigenvalue weighted by molar-refractivity contribution is 5.89. The fraction of sp³-hybridized carbons (Fsp3) is 0.500. The number of urea groups is 1. The molecule has 3 amide bonds. The van der Waals surface area contributed by atoms with Gasteiger partial charge >= 0.3 is 6.03 Å². The molecule has 0 aliphatic carbocycles. The van der Waals surface area contributed by atoms with Gasteiger partial charge in [-0.25, -0.2) is 4.79 Å². The highest BCUT2D eigenvalue weighted by atomic mass is 16.2. The summed E-state index contributed by atoms with van der Waals surface area (Å²) in [5.74, 6) is 0.0439. The number of nitrogens with one attached hydrogen (secondary N) is 3. The minimum atomic E-state index is -0.174. The molecule has 3 N–H and O–H groups in total. The van der Waals surface area contributed by atoms with E-state index in [1.807, 2.05) is 24.3 Å². The van der Waals surface area contributed by atoms with Crippen molar-refractivity contribution in [2.45, 2.75) is 31.8 Å². The van der Waals surface area contributed by atoms with E-state index in [1.165, 1.54) is 4.90 Å². The molecule has 0 radical (unpaired) electrons. The first-order chi connectivity index (χ1) is 10.6. The van der Waals surface area contributed by atoms with Gasteiger partial charge in [0.15, 0.2) is 0 Å². The summed E-state index contributed by atoms with van der Waals surface area (Å²) in [6.07, 6.45) is 3.12. The molecule has 1 heterocycles. The molecule has 0 spiro atoms. The Bertz CT molecular complexity index is 525. The molecule has 1 aliphatic heterocycles. The number of rotatable bonds is 4. The van der Waals surface area contributed by atoms with Crippen molar-refractivity contribution in [3.05, 3.63) is 29.8 Å². The normalized spacial score (nSPS) is 17.6. The molecule has 1 aromatic rings. The number of anilines is 1. The van der Waals surface area contributed by atoms with Crippen LogP contribution in [0.1, 0.15) is 24.8 Å². The first-order valence-electron chi connectivity index (χ1n) is 7.64. The molecular formula is C16H24N4O2. The van der Waals surface area contributed by atoms with E-state index in [2.05, 4.69) is 16.0 Å². The molecule has 0 saturated carbocycles. The lowest BCUT2D eigenvalue weighted by molar-refractivity contribution is -0.123. The molecule has 1 atom stereocenters. The molecule has 0 aromatic heterocycles. The number of carbonyl (C=O) groups is 2. The van der Waals surface area contributed by atoms with Gasteiger partial charge in [-0.15, -0.1) is 0 Å². The average molecular weight is 304 g/mol. The van der Waals surface area contributed by atoms with Gasteiger partial charge in [-0.3, -0.25) is 4.79 Å². The minimum Gasteiger partial charge on any atom is -0.351 e. The zero-order chi connectivity index (χ0) is 15.9. The van der Waals surface area contributed by atoms with E-state index in [9.17, 15) is 9.59 Å². The van der Waals surface area contributed by atoms with Crippen LogP contribution >= 0.6 is 0 Å². The van der Waals surface area contributed by atoms with E-state index >= 15 is 0 Å². The maximum atomic E-state index is 12.1. The topological polar surface area (TPSA) is 73.5 Å². The van der Waals surface area contributed by atoms with Gasteiger partial charge in [-0.05, 0) is 37.1 Å². The molecule has 120 valence electrons. The average Bonchev–Trinajstić information content (AvgIpc) is 2.53. The number of nitrogens with zero attached hydrogens (tertiary/aromatic N) is 1. The van der Waals surface area contributed by atoms with Gasteiger partial charge in [0.05, 0.1) is 6.04 Å². The van der Waals surface area contributed by atoms with Crippen LogP contribution in [-0.4, -0.2) is 43.5 Å². The lowest BCUT2D eigenvalue weighted by Gasteiger charge is -2.22. The molecule has 0 bridgehead atoms. The Morgan fingerprint density at radius 3 is 2.82 bits per heavy atom. The Hall–Kier alpha value is -2.08. The molecule has 1 unspecified atom stereocenters. The Kier molecular flexibility index (Phi) is 5.77. The van der Waals surface area contributed by atoms with E-state index < -0.39 is 0 Å². The second kappa shape index (κ2) is 7.79. The van der Waals surface area contributed by atoms with Crippen molar-refractivity contribution in [3.63, 3.8) is 0 Å². The fourth-order valence-corrected chi connectivity index (χ4v) is 2.38. The third-order valence-corrected chi connectivity index (χ3v) is 3.68. The number of hydrogen-bond acceptors (Lipinski definition) is 3. The zero-order valence-corrected chi connectivity index (χ0v) is 13.2. The molecular weight excluding hydrogens is 280 g/mol. The second-order valence-electron chi connectivity index (χ2n) is 5.75. The predicted molar refractivity (Wildman–Crippen MR) is 86.6 cm³/mol. The summed E-state index contributed by atoms with van der Waals surface area (Å²) in [5, 5.41) is 8.97. The third-order valence-electron chi connectivity index (χ3n) is 3.68. The molecule has 1 aliphatic rings. The van der Waals surface area contributed by atoms with Gasteiger partial charge in [0, 0.05) is 26.3 Å². The van der Waals surface area contributed by atoms with Crippen LogP contribution in [0.25, 0.3) is 0 Å². The smallest absolute Gasteiger partial charge is 0.321 e. The predicted octanol–water partition coefficient (Wildman–Crippen LogP) is 1.54. The third kappa shape index (κ3) is 4.73. The zero-order valence-electron chi connectivity index (χ0n) is 13.2. The Morgan fingerprint density at radius 1 is 1.32 bits per heavy atom. The largest absolute Gasteiger partial charge is 0.351 e. The van der Waals surface area contributed by atoms with E-state index in [0.29, 0.717) is 6.54 Å². The van der Waals surface area contributed by atoms with Crippen LogP contribution in [0.5, 0.6) is 0 Å². The van der Waals surface area contributed by atoms with Crippen molar-refractivity contribution in [1.82, 2.24) is 15.5 Å². The summed E-state index contributed by atoms with van der Waals surface area (Å²) >= 11 is 0. The van der Waals surface area contributed by atoms with Crippen LogP contribution in [0.3, 0.4) is 0 Å². The molecule has 1 fully saturated rings. The summed E-state index contributed by atoms with van der Waals surface area (Å²) in [6.45, 7) is 1.37. The van der Waals surface area contributed by atoms with E-state index in [-0.39, 0.29) is 18.0 Å². The molecule has 1 saturated heterocycles. The van der Waals surface area contributed by atoms with Gasteiger partial charge in [0.25, 0.3) is 0 Å². The lowest BCUT2D eigenvalue weighted by atomic mass is 10.0. The number of piperidine rings is 1. The lowest BCUT2D eigenvalue weighted by Crippen LogP contribution is -2.46. The van der Waals surface area contributed by atoms with Gasteiger partial charge in [0.1, 0.15) is 0 Å². The first-order valence-corrected chi connectivity index (χ1v) is 7.64. The van der Waals surface area contributed by atoms with Crippen molar-refractivity contribution in [3.8, 4) is 0 Å². The number of hydrogen-bond donors (Lipinski definition) is 3. The summed E-state index contributed by atoms with van der Waals surface area (Å²) in [4.78, 5) is 25.2. The summed E-state index contributed by atoms with van der Waals surface area (Å²) in [7, 11) is 3.38. The maximum absolute atomic E-state index is 12.1. The first kappa shape index (κ1) is 16.3. The van der Waals surface area contributed by atoms with Crippen LogP contribution in [0.15, 0.2) is 24.3 Å². The number of amides is 3. The van der Waals surface area contributed by atoms with Gasteiger partial charge in [-0.1, -0.05) is 18.6 Å². The monoisotopic (exact) mass is 304 g/mol. The Morgan fingerprint density at radius 2 is 2.14 bits per heavy atom. The summed E-state index contributed by atoms with van der Waals surface area (Å²) < 4.78 is 0. The van der Waals surface area contributed by atoms with Crippen molar-refractivity contribution in [1.29, 1.82) is 0 Å². The van der Waals surface area contributed by atoms with Gasteiger partial charge in [-0.2, -0.15) is 0 Å². The quantitative estimate of drug-likeness (QED) is 0.790. The van der Waals surface area contributed by atoms with E-state index in [0.717, 1.165) is 37.1 Å². The number of benzene rings is 1. The van der Waals surface area contributed by atoms with Crippen LogP contribution in [0.2, 0.25) is 0 Å². The highest BCUT2D eigenvalue weighted by Gasteiger charge is 2.19. The minimum absolute atomic E-state index is 0.0439. The molecule has 6 heteroatoms. The fourth-order valence-electron chi connectivity index (χ4n) is 2.38. The number of carbonyl (C=O) groups excluding carboxylic acids is 2. The van der Waals surface area contributed by atoms with Crippen molar-refractivity contribution in [2.75, 3.05) is 26.0 Å².